The first kappa shape index (κ1) is 30.6. The highest BCUT2D eigenvalue weighted by Gasteiger charge is 2.32. The predicted octanol–water partition coefficient (Wildman–Crippen LogP) is 1.64. The van der Waals surface area contributed by atoms with Crippen molar-refractivity contribution in [2.24, 2.45) is 4.99 Å². The maximum Gasteiger partial charge on any atom is 0.275 e. The molecule has 45 heavy (non-hydrogen) atoms. The average molecular weight is 624 g/mol. The molecular weight excluding hydrogens is 586 g/mol. The number of quaternary nitrogens is 1. The second-order valence-corrected chi connectivity index (χ2v) is 11.4. The summed E-state index contributed by atoms with van der Waals surface area (Å²) in [4.78, 5) is 37.5. The molecule has 238 valence electrons. The van der Waals surface area contributed by atoms with E-state index in [-0.39, 0.29) is 41.7 Å². The van der Waals surface area contributed by atoms with Gasteiger partial charge in [0.15, 0.2) is 12.4 Å². The van der Waals surface area contributed by atoms with Crippen LogP contribution in [0.5, 0.6) is 5.75 Å². The maximum atomic E-state index is 14.2. The second-order valence-electron chi connectivity index (χ2n) is 11.4. The number of amides is 2. The summed E-state index contributed by atoms with van der Waals surface area (Å²) in [6.45, 7) is 4.63. The third-order valence-electron chi connectivity index (χ3n) is 8.20. The number of hydrogen-bond donors (Lipinski definition) is 4. The lowest BCUT2D eigenvalue weighted by Crippen LogP contribution is -3.11. The molecule has 1 saturated heterocycles. The van der Waals surface area contributed by atoms with Crippen LogP contribution in [-0.4, -0.2) is 90.9 Å². The Balaban J connectivity index is 0.998. The van der Waals surface area contributed by atoms with Gasteiger partial charge in [0, 0.05) is 55.7 Å². The number of benzene rings is 1. The number of carbonyl (C=O) groups is 2. The molecule has 0 spiro atoms. The number of pyridine rings is 1. The Labute approximate surface area is 259 Å². The molecule has 12 nitrogen and oxygen atoms in total. The number of halogens is 2. The lowest BCUT2D eigenvalue weighted by atomic mass is 9.91. The molecule has 2 amide bonds. The SMILES string of the molecule is O=C(NC1CCC(NC(=O)c2cc(F)cnc2Nc2cccc(OCCN3CCOCC3)c2)CC1)C1=C[NH+]2CN(F)C=CC2=N1. The number of hydrogen-bond acceptors (Lipinski definition) is 9. The molecule has 0 bridgehead atoms. The molecule has 4 aliphatic rings. The standard InChI is InChI=1S/C31H36F2N8O4/c32-21-16-26(29(34-18-21)35-24-2-1-3-25(17-24)45-15-12-39-10-13-44-14-11-39)30(42)36-22-4-6-23(7-5-22)37-31(43)27-19-40-20-41(33)9-8-28(40)38-27/h1-3,8-9,16-19,22-23H,4-7,10-15,20H2,(H,34,35)(H,36,42)(H,37,43)/p+1. The van der Waals surface area contributed by atoms with E-state index in [1.54, 1.807) is 12.3 Å². The number of amidine groups is 1. The van der Waals surface area contributed by atoms with Gasteiger partial charge >= 0.3 is 0 Å². The number of morpholine rings is 1. The Bertz CT molecular complexity index is 1490. The van der Waals surface area contributed by atoms with E-state index in [2.05, 4.69) is 30.8 Å². The summed E-state index contributed by atoms with van der Waals surface area (Å²) < 4.78 is 39.0. The lowest BCUT2D eigenvalue weighted by Gasteiger charge is -2.29. The van der Waals surface area contributed by atoms with Gasteiger partial charge in [0.1, 0.15) is 30.2 Å². The highest BCUT2D eigenvalue weighted by atomic mass is 19.2. The molecule has 2 aromatic rings. The van der Waals surface area contributed by atoms with Crippen LogP contribution in [-0.2, 0) is 9.53 Å². The number of fused-ring (bicyclic) bond motifs is 1. The third kappa shape index (κ3) is 8.01. The van der Waals surface area contributed by atoms with Gasteiger partial charge in [0.25, 0.3) is 11.8 Å². The van der Waals surface area contributed by atoms with E-state index >= 15 is 0 Å². The fourth-order valence-corrected chi connectivity index (χ4v) is 5.76. The van der Waals surface area contributed by atoms with Crippen LogP contribution in [0.1, 0.15) is 36.0 Å². The maximum absolute atomic E-state index is 14.2. The molecular formula is C31H37F2N8O4+. The van der Waals surface area contributed by atoms with Crippen LogP contribution in [0.3, 0.4) is 0 Å². The molecule has 1 atom stereocenters. The summed E-state index contributed by atoms with van der Waals surface area (Å²) in [6, 6.07) is 8.28. The minimum Gasteiger partial charge on any atom is -0.492 e. The van der Waals surface area contributed by atoms with Crippen molar-refractivity contribution in [1.82, 2.24) is 25.6 Å². The fraction of sp³-hybridized carbons (Fsp3) is 0.419. The molecule has 14 heteroatoms. The zero-order chi connectivity index (χ0) is 31.2. The summed E-state index contributed by atoms with van der Waals surface area (Å²) in [5.41, 5.74) is 1.01. The summed E-state index contributed by atoms with van der Waals surface area (Å²) in [5.74, 6) is 0.148. The van der Waals surface area contributed by atoms with Crippen molar-refractivity contribution in [3.8, 4) is 5.75 Å². The number of aliphatic imine (C=N–C) groups is 1. The molecule has 4 N–H and O–H groups in total. The van der Waals surface area contributed by atoms with Crippen LogP contribution in [0.2, 0.25) is 0 Å². The van der Waals surface area contributed by atoms with E-state index in [1.807, 2.05) is 24.3 Å². The van der Waals surface area contributed by atoms with E-state index in [4.69, 9.17) is 9.47 Å². The minimum atomic E-state index is -0.616. The number of nitrogens with one attached hydrogen (secondary N) is 4. The number of carbonyl (C=O) groups excluding carboxylic acids is 2. The molecule has 6 rings (SSSR count). The fourth-order valence-electron chi connectivity index (χ4n) is 5.76. The molecule has 4 heterocycles. The lowest BCUT2D eigenvalue weighted by molar-refractivity contribution is -0.763. The van der Waals surface area contributed by atoms with Crippen LogP contribution >= 0.6 is 0 Å². The predicted molar refractivity (Wildman–Crippen MR) is 162 cm³/mol. The van der Waals surface area contributed by atoms with Gasteiger partial charge in [-0.3, -0.25) is 14.5 Å². The third-order valence-corrected chi connectivity index (χ3v) is 8.20. The van der Waals surface area contributed by atoms with Gasteiger partial charge in [-0.25, -0.2) is 14.3 Å². The number of aromatic nitrogens is 1. The van der Waals surface area contributed by atoms with E-state index in [0.717, 1.165) is 39.0 Å². The van der Waals surface area contributed by atoms with E-state index in [1.165, 1.54) is 12.3 Å². The largest absolute Gasteiger partial charge is 0.492 e. The molecule has 1 aliphatic carbocycles. The molecule has 0 radical (unpaired) electrons. The summed E-state index contributed by atoms with van der Waals surface area (Å²) in [6.07, 6.45) is 8.08. The summed E-state index contributed by atoms with van der Waals surface area (Å²) in [5, 5.41) is 9.69. The van der Waals surface area contributed by atoms with Crippen molar-refractivity contribution in [2.45, 2.75) is 37.8 Å². The Kier molecular flexibility index (Phi) is 9.62. The highest BCUT2D eigenvalue weighted by molar-refractivity contribution is 6.00. The van der Waals surface area contributed by atoms with Crippen molar-refractivity contribution in [3.63, 3.8) is 0 Å². The van der Waals surface area contributed by atoms with Gasteiger partial charge in [0.05, 0.1) is 25.0 Å². The average Bonchev–Trinajstić information content (AvgIpc) is 3.47. The topological polar surface area (TPSA) is 125 Å². The van der Waals surface area contributed by atoms with Crippen molar-refractivity contribution in [1.29, 1.82) is 0 Å². The first-order valence-corrected chi connectivity index (χ1v) is 15.2. The number of nitrogens with zero attached hydrogens (tertiary/aromatic N) is 4. The van der Waals surface area contributed by atoms with E-state index in [0.29, 0.717) is 59.6 Å². The number of anilines is 2. The van der Waals surface area contributed by atoms with Gasteiger partial charge in [-0.2, -0.15) is 10.1 Å². The molecule has 2 fully saturated rings. The highest BCUT2D eigenvalue weighted by Crippen LogP contribution is 2.25. The summed E-state index contributed by atoms with van der Waals surface area (Å²) >= 11 is 0. The Morgan fingerprint density at radius 1 is 1.07 bits per heavy atom. The monoisotopic (exact) mass is 623 g/mol. The quantitative estimate of drug-likeness (QED) is 0.295. The van der Waals surface area contributed by atoms with Crippen molar-refractivity contribution in [2.75, 3.05) is 51.4 Å². The van der Waals surface area contributed by atoms with Crippen LogP contribution in [0.15, 0.2) is 65.7 Å². The normalized spacial score (nSPS) is 23.1. The molecule has 1 unspecified atom stereocenters. The van der Waals surface area contributed by atoms with Crippen LogP contribution in [0.4, 0.5) is 20.4 Å². The number of rotatable bonds is 10. The molecule has 3 aliphatic heterocycles. The Hall–Kier alpha value is -4.40. The first-order valence-electron chi connectivity index (χ1n) is 15.2. The smallest absolute Gasteiger partial charge is 0.275 e. The summed E-state index contributed by atoms with van der Waals surface area (Å²) in [7, 11) is 0. The molecule has 1 saturated carbocycles. The van der Waals surface area contributed by atoms with E-state index in [9.17, 15) is 18.5 Å². The van der Waals surface area contributed by atoms with Gasteiger partial charge in [-0.1, -0.05) is 10.5 Å². The van der Waals surface area contributed by atoms with Crippen molar-refractivity contribution < 1.29 is 32.8 Å². The van der Waals surface area contributed by atoms with Gasteiger partial charge in [-0.15, -0.1) is 0 Å². The van der Waals surface area contributed by atoms with Crippen LogP contribution in [0, 0.1) is 5.82 Å². The molecule has 1 aromatic carbocycles. The van der Waals surface area contributed by atoms with Crippen molar-refractivity contribution >= 4 is 29.2 Å². The molecule has 1 aromatic heterocycles. The van der Waals surface area contributed by atoms with Gasteiger partial charge in [-0.05, 0) is 43.9 Å². The minimum absolute atomic E-state index is 0.0610. The van der Waals surface area contributed by atoms with Crippen LogP contribution < -0.4 is 25.6 Å². The van der Waals surface area contributed by atoms with E-state index < -0.39 is 11.7 Å². The number of ether oxygens (including phenoxy) is 2. The second kappa shape index (κ2) is 14.1. The van der Waals surface area contributed by atoms with Crippen molar-refractivity contribution in [3.05, 3.63) is 72.1 Å². The Morgan fingerprint density at radius 2 is 1.82 bits per heavy atom. The first-order chi connectivity index (χ1) is 21.9. The zero-order valence-corrected chi connectivity index (χ0v) is 24.8. The van der Waals surface area contributed by atoms with Gasteiger partial charge < -0.3 is 25.4 Å². The zero-order valence-electron chi connectivity index (χ0n) is 24.8. The van der Waals surface area contributed by atoms with Gasteiger partial charge in [0.2, 0.25) is 5.84 Å². The van der Waals surface area contributed by atoms with Crippen LogP contribution in [0.25, 0.3) is 0 Å². The Morgan fingerprint density at radius 3 is 2.60 bits per heavy atom.